The van der Waals surface area contributed by atoms with Crippen molar-refractivity contribution in [2.45, 2.75) is 18.6 Å². The Morgan fingerprint density at radius 1 is 1.53 bits per heavy atom. The SMILES string of the molecule is OC1(CNCc2ccc(Br)c(F)c2)CCSC1. The Morgan fingerprint density at radius 3 is 3.00 bits per heavy atom. The average molecular weight is 320 g/mol. The molecule has 0 bridgehead atoms. The number of rotatable bonds is 4. The lowest BCUT2D eigenvalue weighted by atomic mass is 10.0. The lowest BCUT2D eigenvalue weighted by Crippen LogP contribution is -2.40. The zero-order chi connectivity index (χ0) is 12.3. The van der Waals surface area contributed by atoms with Gasteiger partial charge in [0.25, 0.3) is 0 Å². The summed E-state index contributed by atoms with van der Waals surface area (Å²) in [5.41, 5.74) is 0.304. The molecule has 0 radical (unpaired) electrons. The first-order chi connectivity index (χ1) is 8.09. The fraction of sp³-hybridized carbons (Fsp3) is 0.500. The van der Waals surface area contributed by atoms with Crippen molar-refractivity contribution in [3.05, 3.63) is 34.1 Å². The van der Waals surface area contributed by atoms with Gasteiger partial charge in [-0.15, -0.1) is 0 Å². The summed E-state index contributed by atoms with van der Waals surface area (Å²) in [5, 5.41) is 13.3. The van der Waals surface area contributed by atoms with Crippen LogP contribution < -0.4 is 5.32 Å². The topological polar surface area (TPSA) is 32.3 Å². The van der Waals surface area contributed by atoms with Gasteiger partial charge in [0, 0.05) is 18.8 Å². The molecule has 1 unspecified atom stereocenters. The number of hydrogen-bond donors (Lipinski definition) is 2. The van der Waals surface area contributed by atoms with Gasteiger partial charge in [-0.05, 0) is 45.8 Å². The zero-order valence-electron chi connectivity index (χ0n) is 9.38. The van der Waals surface area contributed by atoms with Crippen molar-refractivity contribution >= 4 is 27.7 Å². The molecule has 0 spiro atoms. The second-order valence-corrected chi connectivity index (χ2v) is 6.34. The largest absolute Gasteiger partial charge is 0.388 e. The molecule has 0 aliphatic carbocycles. The molecule has 1 saturated heterocycles. The third kappa shape index (κ3) is 3.68. The molecule has 1 aliphatic heterocycles. The Hall–Kier alpha value is -0.100. The second-order valence-electron chi connectivity index (χ2n) is 4.38. The Bertz CT molecular complexity index is 396. The first kappa shape index (κ1) is 13.3. The van der Waals surface area contributed by atoms with E-state index in [1.807, 2.05) is 6.07 Å². The molecule has 1 aromatic carbocycles. The van der Waals surface area contributed by atoms with Crippen LogP contribution in [0.5, 0.6) is 0 Å². The van der Waals surface area contributed by atoms with E-state index in [0.29, 0.717) is 17.6 Å². The van der Waals surface area contributed by atoms with Gasteiger partial charge in [-0.25, -0.2) is 4.39 Å². The Labute approximate surface area is 113 Å². The summed E-state index contributed by atoms with van der Waals surface area (Å²) in [6.45, 7) is 1.15. The van der Waals surface area contributed by atoms with Gasteiger partial charge in [0.05, 0.1) is 10.1 Å². The fourth-order valence-corrected chi connectivity index (χ4v) is 3.37. The summed E-state index contributed by atoms with van der Waals surface area (Å²) < 4.78 is 13.7. The van der Waals surface area contributed by atoms with E-state index in [1.165, 1.54) is 6.07 Å². The molecular formula is C12H15BrFNOS. The molecule has 0 amide bonds. The van der Waals surface area contributed by atoms with Gasteiger partial charge in [-0.3, -0.25) is 0 Å². The third-order valence-corrected chi connectivity index (χ3v) is 4.73. The Morgan fingerprint density at radius 2 is 2.35 bits per heavy atom. The lowest BCUT2D eigenvalue weighted by Gasteiger charge is -2.21. The molecule has 2 rings (SSSR count). The van der Waals surface area contributed by atoms with E-state index in [2.05, 4.69) is 21.2 Å². The number of aliphatic hydroxyl groups is 1. The zero-order valence-corrected chi connectivity index (χ0v) is 11.8. The minimum absolute atomic E-state index is 0.251. The van der Waals surface area contributed by atoms with Gasteiger partial charge in [-0.2, -0.15) is 11.8 Å². The minimum Gasteiger partial charge on any atom is -0.388 e. The molecule has 1 heterocycles. The molecule has 17 heavy (non-hydrogen) atoms. The van der Waals surface area contributed by atoms with Gasteiger partial charge in [-0.1, -0.05) is 6.07 Å². The maximum atomic E-state index is 13.3. The van der Waals surface area contributed by atoms with Crippen LogP contribution in [0.25, 0.3) is 0 Å². The van der Waals surface area contributed by atoms with Crippen LogP contribution in [0.4, 0.5) is 4.39 Å². The van der Waals surface area contributed by atoms with Crippen molar-refractivity contribution < 1.29 is 9.50 Å². The standard InChI is InChI=1S/C12H15BrFNOS/c13-10-2-1-9(5-11(10)14)6-15-7-12(16)3-4-17-8-12/h1-2,5,15-16H,3-4,6-8H2. The van der Waals surface area contributed by atoms with Crippen LogP contribution in [0.15, 0.2) is 22.7 Å². The first-order valence-corrected chi connectivity index (χ1v) is 7.49. The van der Waals surface area contributed by atoms with E-state index in [4.69, 9.17) is 0 Å². The van der Waals surface area contributed by atoms with Gasteiger partial charge < -0.3 is 10.4 Å². The van der Waals surface area contributed by atoms with Crippen molar-refractivity contribution in [3.63, 3.8) is 0 Å². The quantitative estimate of drug-likeness (QED) is 0.894. The van der Waals surface area contributed by atoms with Crippen LogP contribution in [0.2, 0.25) is 0 Å². The van der Waals surface area contributed by atoms with Gasteiger partial charge in [0.1, 0.15) is 5.82 Å². The highest BCUT2D eigenvalue weighted by Gasteiger charge is 2.30. The summed E-state index contributed by atoms with van der Waals surface area (Å²) in [7, 11) is 0. The summed E-state index contributed by atoms with van der Waals surface area (Å²) in [6, 6.07) is 5.07. The maximum Gasteiger partial charge on any atom is 0.137 e. The number of thioether (sulfide) groups is 1. The predicted octanol–water partition coefficient (Wildman–Crippen LogP) is 2.55. The van der Waals surface area contributed by atoms with Gasteiger partial charge in [0.2, 0.25) is 0 Å². The van der Waals surface area contributed by atoms with E-state index in [1.54, 1.807) is 17.8 Å². The van der Waals surface area contributed by atoms with E-state index in [0.717, 1.165) is 23.5 Å². The summed E-state index contributed by atoms with van der Waals surface area (Å²) in [4.78, 5) is 0. The third-order valence-electron chi connectivity index (χ3n) is 2.85. The molecule has 2 N–H and O–H groups in total. The van der Waals surface area contributed by atoms with Crippen molar-refractivity contribution in [1.82, 2.24) is 5.32 Å². The molecule has 94 valence electrons. The van der Waals surface area contributed by atoms with Crippen LogP contribution in [0.1, 0.15) is 12.0 Å². The number of halogens is 2. The minimum atomic E-state index is -0.585. The molecule has 1 aliphatic rings. The summed E-state index contributed by atoms with van der Waals surface area (Å²) in [6.07, 6.45) is 0.833. The van der Waals surface area contributed by atoms with E-state index < -0.39 is 5.60 Å². The average Bonchev–Trinajstić information content (AvgIpc) is 2.71. The van der Waals surface area contributed by atoms with E-state index in [9.17, 15) is 9.50 Å². The highest BCUT2D eigenvalue weighted by molar-refractivity contribution is 9.10. The van der Waals surface area contributed by atoms with E-state index >= 15 is 0 Å². The van der Waals surface area contributed by atoms with Gasteiger partial charge in [0.15, 0.2) is 0 Å². The van der Waals surface area contributed by atoms with Crippen molar-refractivity contribution in [3.8, 4) is 0 Å². The van der Waals surface area contributed by atoms with Crippen LogP contribution in [-0.2, 0) is 6.54 Å². The molecule has 0 saturated carbocycles. The number of nitrogens with one attached hydrogen (secondary N) is 1. The number of hydrogen-bond acceptors (Lipinski definition) is 3. The smallest absolute Gasteiger partial charge is 0.137 e. The van der Waals surface area contributed by atoms with Crippen LogP contribution >= 0.6 is 27.7 Å². The lowest BCUT2D eigenvalue weighted by molar-refractivity contribution is 0.0674. The summed E-state index contributed by atoms with van der Waals surface area (Å²) in [5.74, 6) is 1.55. The van der Waals surface area contributed by atoms with Crippen LogP contribution in [0, 0.1) is 5.82 Å². The molecule has 5 heteroatoms. The molecule has 1 aromatic rings. The maximum absolute atomic E-state index is 13.3. The molecule has 2 nitrogen and oxygen atoms in total. The van der Waals surface area contributed by atoms with Crippen molar-refractivity contribution in [2.75, 3.05) is 18.1 Å². The highest BCUT2D eigenvalue weighted by atomic mass is 79.9. The van der Waals surface area contributed by atoms with E-state index in [-0.39, 0.29) is 5.82 Å². The van der Waals surface area contributed by atoms with Crippen LogP contribution in [0.3, 0.4) is 0 Å². The predicted molar refractivity (Wildman–Crippen MR) is 72.7 cm³/mol. The van der Waals surface area contributed by atoms with Gasteiger partial charge >= 0.3 is 0 Å². The fourth-order valence-electron chi connectivity index (χ4n) is 1.82. The first-order valence-electron chi connectivity index (χ1n) is 5.54. The number of benzene rings is 1. The molecule has 1 atom stereocenters. The van der Waals surface area contributed by atoms with Crippen LogP contribution in [-0.4, -0.2) is 28.8 Å². The normalized spacial score (nSPS) is 24.2. The Kier molecular flexibility index (Phi) is 4.47. The van der Waals surface area contributed by atoms with Crippen molar-refractivity contribution in [2.24, 2.45) is 0 Å². The monoisotopic (exact) mass is 319 g/mol. The molecular weight excluding hydrogens is 305 g/mol. The summed E-state index contributed by atoms with van der Waals surface area (Å²) >= 11 is 4.90. The highest BCUT2D eigenvalue weighted by Crippen LogP contribution is 2.27. The van der Waals surface area contributed by atoms with Crippen molar-refractivity contribution in [1.29, 1.82) is 0 Å². The Balaban J connectivity index is 1.83. The molecule has 0 aromatic heterocycles. The molecule has 1 fully saturated rings. The second kappa shape index (κ2) is 5.69.